The van der Waals surface area contributed by atoms with Gasteiger partial charge in [0, 0.05) is 6.04 Å². The lowest BCUT2D eigenvalue weighted by Gasteiger charge is -2.32. The van der Waals surface area contributed by atoms with Crippen LogP contribution in [0.5, 0.6) is 11.5 Å². The van der Waals surface area contributed by atoms with Crippen LogP contribution in [0.25, 0.3) is 0 Å². The molecule has 0 saturated heterocycles. The highest BCUT2D eigenvalue weighted by atomic mass is 16.5. The number of aromatic hydroxyl groups is 1. The summed E-state index contributed by atoms with van der Waals surface area (Å²) < 4.78 is 11.3. The van der Waals surface area contributed by atoms with Gasteiger partial charge >= 0.3 is 0 Å². The molecule has 5 nitrogen and oxygen atoms in total. The topological polar surface area (TPSA) is 71.0 Å². The third kappa shape index (κ3) is 5.96. The summed E-state index contributed by atoms with van der Waals surface area (Å²) in [6, 6.07) is 5.81. The van der Waals surface area contributed by atoms with Crippen LogP contribution in [0.1, 0.15) is 44.6 Å². The van der Waals surface area contributed by atoms with E-state index in [-0.39, 0.29) is 18.0 Å². The van der Waals surface area contributed by atoms with E-state index in [2.05, 4.69) is 5.32 Å². The fourth-order valence-corrected chi connectivity index (χ4v) is 3.21. The number of phenols is 1. The summed E-state index contributed by atoms with van der Waals surface area (Å²) in [5.41, 5.74) is 1.10. The molecule has 0 bridgehead atoms. The number of phenolic OH excluding ortho intramolecular Hbond substituents is 1. The quantitative estimate of drug-likeness (QED) is 0.646. The lowest BCUT2D eigenvalue weighted by molar-refractivity contribution is 0.00599. The second kappa shape index (κ2) is 9.87. The molecule has 3 atom stereocenters. The van der Waals surface area contributed by atoms with Crippen LogP contribution < -0.4 is 10.1 Å². The molecule has 1 fully saturated rings. The van der Waals surface area contributed by atoms with E-state index in [1.807, 2.05) is 19.1 Å². The van der Waals surface area contributed by atoms with Gasteiger partial charge in [-0.25, -0.2) is 0 Å². The van der Waals surface area contributed by atoms with Crippen LogP contribution in [0.4, 0.5) is 0 Å². The molecular weight excluding hydrogens is 306 g/mol. The number of benzene rings is 1. The van der Waals surface area contributed by atoms with E-state index in [1.165, 1.54) is 12.8 Å². The van der Waals surface area contributed by atoms with Crippen molar-refractivity contribution in [2.75, 3.05) is 20.3 Å². The number of nitrogens with one attached hydrogen (secondary N) is 1. The van der Waals surface area contributed by atoms with Crippen molar-refractivity contribution in [3.63, 3.8) is 0 Å². The number of hydrogen-bond acceptors (Lipinski definition) is 5. The molecular formula is C19H31NO4. The third-order valence-electron chi connectivity index (χ3n) is 4.64. The van der Waals surface area contributed by atoms with Gasteiger partial charge in [-0.3, -0.25) is 0 Å². The summed E-state index contributed by atoms with van der Waals surface area (Å²) >= 11 is 0. The Balaban J connectivity index is 1.78. The Kier molecular flexibility index (Phi) is 7.82. The normalized spacial score (nSPS) is 22.3. The zero-order chi connectivity index (χ0) is 17.4. The molecule has 3 N–H and O–H groups in total. The molecule has 5 heteroatoms. The van der Waals surface area contributed by atoms with Crippen LogP contribution in [-0.4, -0.2) is 48.7 Å². The lowest BCUT2D eigenvalue weighted by Crippen LogP contribution is -2.44. The highest BCUT2D eigenvalue weighted by molar-refractivity contribution is 5.41. The number of ether oxygens (including phenoxy) is 2. The van der Waals surface area contributed by atoms with Gasteiger partial charge in [-0.2, -0.15) is 0 Å². The SMILES string of the molecule is COc1cc(CCOC2CCCC[C@H]2NCC[C@H](C)O)ccc1O. The molecule has 0 heterocycles. The predicted molar refractivity (Wildman–Crippen MR) is 94.7 cm³/mol. The molecule has 0 radical (unpaired) electrons. The van der Waals surface area contributed by atoms with Crippen LogP contribution >= 0.6 is 0 Å². The maximum absolute atomic E-state index is 9.64. The van der Waals surface area contributed by atoms with E-state index in [4.69, 9.17) is 9.47 Å². The fourth-order valence-electron chi connectivity index (χ4n) is 3.21. The molecule has 1 aliphatic carbocycles. The van der Waals surface area contributed by atoms with Crippen molar-refractivity contribution in [2.45, 2.75) is 63.7 Å². The van der Waals surface area contributed by atoms with Gasteiger partial charge in [-0.15, -0.1) is 0 Å². The van der Waals surface area contributed by atoms with Crippen LogP contribution in [0.3, 0.4) is 0 Å². The summed E-state index contributed by atoms with van der Waals surface area (Å²) in [7, 11) is 1.56. The first kappa shape index (κ1) is 19.0. The first-order chi connectivity index (χ1) is 11.6. The molecule has 136 valence electrons. The van der Waals surface area contributed by atoms with Crippen LogP contribution in [0, 0.1) is 0 Å². The van der Waals surface area contributed by atoms with E-state index < -0.39 is 0 Å². The Morgan fingerprint density at radius 3 is 2.83 bits per heavy atom. The highest BCUT2D eigenvalue weighted by Gasteiger charge is 2.25. The Bertz CT molecular complexity index is 492. The minimum atomic E-state index is -0.259. The van der Waals surface area contributed by atoms with Crippen LogP contribution in [0.2, 0.25) is 0 Å². The maximum atomic E-state index is 9.64. The zero-order valence-corrected chi connectivity index (χ0v) is 14.8. The summed E-state index contributed by atoms with van der Waals surface area (Å²) in [5.74, 6) is 0.666. The minimum Gasteiger partial charge on any atom is -0.504 e. The lowest BCUT2D eigenvalue weighted by atomic mass is 9.92. The van der Waals surface area contributed by atoms with E-state index >= 15 is 0 Å². The van der Waals surface area contributed by atoms with Crippen LogP contribution in [-0.2, 0) is 11.2 Å². The molecule has 24 heavy (non-hydrogen) atoms. The molecule has 1 aromatic carbocycles. The highest BCUT2D eigenvalue weighted by Crippen LogP contribution is 2.27. The molecule has 1 aromatic rings. The van der Waals surface area contributed by atoms with Crippen molar-refractivity contribution >= 4 is 0 Å². The molecule has 0 aliphatic heterocycles. The van der Waals surface area contributed by atoms with Gasteiger partial charge in [0.15, 0.2) is 11.5 Å². The van der Waals surface area contributed by atoms with E-state index in [1.54, 1.807) is 13.2 Å². The second-order valence-electron chi connectivity index (χ2n) is 6.65. The Morgan fingerprint density at radius 2 is 2.08 bits per heavy atom. The molecule has 2 rings (SSSR count). The van der Waals surface area contributed by atoms with Crippen molar-refractivity contribution in [2.24, 2.45) is 0 Å². The van der Waals surface area contributed by atoms with Crippen LogP contribution in [0.15, 0.2) is 18.2 Å². The van der Waals surface area contributed by atoms with Gasteiger partial charge < -0.3 is 25.0 Å². The van der Waals surface area contributed by atoms with E-state index in [0.717, 1.165) is 37.8 Å². The second-order valence-corrected chi connectivity index (χ2v) is 6.65. The predicted octanol–water partition coefficient (Wildman–Crippen LogP) is 2.63. The van der Waals surface area contributed by atoms with Crippen molar-refractivity contribution in [1.29, 1.82) is 0 Å². The first-order valence-electron chi connectivity index (χ1n) is 8.99. The van der Waals surface area contributed by atoms with Gasteiger partial charge in [0.05, 0.1) is 25.9 Å². The summed E-state index contributed by atoms with van der Waals surface area (Å²) in [5, 5.41) is 22.6. The fraction of sp³-hybridized carbons (Fsp3) is 0.684. The number of rotatable bonds is 9. The van der Waals surface area contributed by atoms with Gasteiger partial charge in [0.2, 0.25) is 0 Å². The van der Waals surface area contributed by atoms with Gasteiger partial charge in [-0.05, 0) is 56.8 Å². The minimum absolute atomic E-state index is 0.164. The summed E-state index contributed by atoms with van der Waals surface area (Å²) in [6.07, 6.45) is 6.23. The Labute approximate surface area is 145 Å². The smallest absolute Gasteiger partial charge is 0.160 e. The summed E-state index contributed by atoms with van der Waals surface area (Å²) in [4.78, 5) is 0. The number of aliphatic hydroxyl groups excluding tert-OH is 1. The molecule has 0 amide bonds. The molecule has 0 spiro atoms. The molecule has 1 aliphatic rings. The van der Waals surface area contributed by atoms with Crippen molar-refractivity contribution in [1.82, 2.24) is 5.32 Å². The van der Waals surface area contributed by atoms with E-state index in [9.17, 15) is 10.2 Å². The monoisotopic (exact) mass is 337 g/mol. The average molecular weight is 337 g/mol. The van der Waals surface area contributed by atoms with Gasteiger partial charge in [0.1, 0.15) is 0 Å². The number of methoxy groups -OCH3 is 1. The largest absolute Gasteiger partial charge is 0.504 e. The van der Waals surface area contributed by atoms with Crippen molar-refractivity contribution in [3.05, 3.63) is 23.8 Å². The first-order valence-corrected chi connectivity index (χ1v) is 8.99. The molecule has 1 saturated carbocycles. The molecule has 1 unspecified atom stereocenters. The summed E-state index contributed by atoms with van der Waals surface area (Å²) in [6.45, 7) is 3.31. The van der Waals surface area contributed by atoms with Gasteiger partial charge in [0.25, 0.3) is 0 Å². The van der Waals surface area contributed by atoms with E-state index in [0.29, 0.717) is 18.4 Å². The third-order valence-corrected chi connectivity index (χ3v) is 4.64. The van der Waals surface area contributed by atoms with Crippen molar-refractivity contribution < 1.29 is 19.7 Å². The maximum Gasteiger partial charge on any atom is 0.160 e. The Morgan fingerprint density at radius 1 is 1.29 bits per heavy atom. The zero-order valence-electron chi connectivity index (χ0n) is 14.8. The van der Waals surface area contributed by atoms with Gasteiger partial charge in [-0.1, -0.05) is 18.9 Å². The standard InChI is InChI=1S/C19H31NO4/c1-14(21)9-11-20-16-5-3-4-6-18(16)24-12-10-15-7-8-17(22)19(13-15)23-2/h7-8,13-14,16,18,20-22H,3-6,9-12H2,1-2H3/t14-,16+,18?/m0/s1. The number of aliphatic hydroxyl groups is 1. The Hall–Kier alpha value is -1.30. The average Bonchev–Trinajstić information content (AvgIpc) is 2.57. The van der Waals surface area contributed by atoms with Crippen molar-refractivity contribution in [3.8, 4) is 11.5 Å². The molecule has 0 aromatic heterocycles. The number of hydrogen-bond donors (Lipinski definition) is 3.